The van der Waals surface area contributed by atoms with E-state index in [1.165, 1.54) is 0 Å². The van der Waals surface area contributed by atoms with Gasteiger partial charge in [0.1, 0.15) is 5.76 Å². The summed E-state index contributed by atoms with van der Waals surface area (Å²) in [4.78, 5) is 4.55. The van der Waals surface area contributed by atoms with E-state index in [2.05, 4.69) is 15.6 Å². The molecule has 0 aliphatic rings. The number of guanidine groups is 1. The lowest BCUT2D eigenvalue weighted by Gasteiger charge is -2.10. The molecule has 120 valence electrons. The van der Waals surface area contributed by atoms with Crippen molar-refractivity contribution in [3.05, 3.63) is 59.0 Å². The van der Waals surface area contributed by atoms with Crippen molar-refractivity contribution in [3.63, 3.8) is 0 Å². The maximum absolute atomic E-state index is 5.87. The lowest BCUT2D eigenvalue weighted by molar-refractivity contribution is 0.507. The fraction of sp³-hybridized carbons (Fsp3) is 0.312. The molecule has 0 saturated carbocycles. The van der Waals surface area contributed by atoms with E-state index in [0.717, 1.165) is 41.8 Å². The molecule has 1 aromatic carbocycles. The predicted octanol–water partition coefficient (Wildman–Crippen LogP) is 3.85. The fourth-order valence-corrected chi connectivity index (χ4v) is 1.99. The van der Waals surface area contributed by atoms with Crippen LogP contribution in [0.25, 0.3) is 0 Å². The number of benzene rings is 1. The van der Waals surface area contributed by atoms with Crippen molar-refractivity contribution in [1.82, 2.24) is 10.6 Å². The highest BCUT2D eigenvalue weighted by Gasteiger charge is 1.99. The molecule has 0 bridgehead atoms. The van der Waals surface area contributed by atoms with Gasteiger partial charge in [0, 0.05) is 24.5 Å². The molecule has 0 fully saturated rings. The summed E-state index contributed by atoms with van der Waals surface area (Å²) in [6.45, 7) is 4.27. The van der Waals surface area contributed by atoms with E-state index in [4.69, 9.17) is 16.0 Å². The smallest absolute Gasteiger partial charge is 0.191 e. The maximum atomic E-state index is 5.87. The van der Waals surface area contributed by atoms with Crippen LogP contribution in [0.15, 0.2) is 52.1 Å². The number of rotatable bonds is 6. The summed E-state index contributed by atoms with van der Waals surface area (Å²) >= 11 is 5.87. The summed E-state index contributed by atoms with van der Waals surface area (Å²) in [5.41, 5.74) is 1.13. The Morgan fingerprint density at radius 2 is 1.95 bits per heavy atom. The summed E-state index contributed by atoms with van der Waals surface area (Å²) in [5, 5.41) is 7.26. The SMILES string of the molecule is CCNC(=NCc1ccc(Cl)cc1)NCCc1ccco1.I. The molecule has 0 atom stereocenters. The third-order valence-corrected chi connectivity index (χ3v) is 3.17. The van der Waals surface area contributed by atoms with Gasteiger partial charge in [0.15, 0.2) is 5.96 Å². The van der Waals surface area contributed by atoms with Gasteiger partial charge in [-0.3, -0.25) is 0 Å². The van der Waals surface area contributed by atoms with Gasteiger partial charge < -0.3 is 15.1 Å². The van der Waals surface area contributed by atoms with Crippen LogP contribution in [0.2, 0.25) is 5.02 Å². The number of furan rings is 1. The number of hydrogen-bond donors (Lipinski definition) is 2. The standard InChI is InChI=1S/C16H20ClN3O.HI/c1-2-18-16(19-10-9-15-4-3-11-21-15)20-12-13-5-7-14(17)8-6-13;/h3-8,11H,2,9-10,12H2,1H3,(H2,18,19,20);1H. The van der Waals surface area contributed by atoms with Crippen molar-refractivity contribution in [3.8, 4) is 0 Å². The van der Waals surface area contributed by atoms with Crippen LogP contribution in [0.1, 0.15) is 18.2 Å². The first-order valence-electron chi connectivity index (χ1n) is 7.07. The molecule has 2 aromatic rings. The van der Waals surface area contributed by atoms with Gasteiger partial charge in [0.2, 0.25) is 0 Å². The number of nitrogens with one attached hydrogen (secondary N) is 2. The second-order valence-corrected chi connectivity index (χ2v) is 5.01. The monoisotopic (exact) mass is 433 g/mol. The lowest BCUT2D eigenvalue weighted by atomic mass is 10.2. The Morgan fingerprint density at radius 1 is 1.18 bits per heavy atom. The van der Waals surface area contributed by atoms with Crippen LogP contribution >= 0.6 is 35.6 Å². The average Bonchev–Trinajstić information content (AvgIpc) is 3.00. The molecule has 0 aliphatic heterocycles. The van der Waals surface area contributed by atoms with E-state index in [9.17, 15) is 0 Å². The molecule has 4 nitrogen and oxygen atoms in total. The molecule has 0 saturated heterocycles. The van der Waals surface area contributed by atoms with Crippen LogP contribution < -0.4 is 10.6 Å². The van der Waals surface area contributed by atoms with E-state index in [-0.39, 0.29) is 24.0 Å². The van der Waals surface area contributed by atoms with Crippen molar-refractivity contribution in [2.75, 3.05) is 13.1 Å². The van der Waals surface area contributed by atoms with Crippen LogP contribution in [-0.2, 0) is 13.0 Å². The van der Waals surface area contributed by atoms with Gasteiger partial charge in [-0.1, -0.05) is 23.7 Å². The number of halogens is 2. The first-order chi connectivity index (χ1) is 10.3. The molecule has 2 N–H and O–H groups in total. The summed E-state index contributed by atoms with van der Waals surface area (Å²) in [7, 11) is 0. The molecular formula is C16H21ClIN3O. The second kappa shape index (κ2) is 10.5. The van der Waals surface area contributed by atoms with Crippen LogP contribution in [0, 0.1) is 0 Å². The lowest BCUT2D eigenvalue weighted by Crippen LogP contribution is -2.38. The zero-order chi connectivity index (χ0) is 14.9. The maximum Gasteiger partial charge on any atom is 0.191 e. The third kappa shape index (κ3) is 6.70. The Balaban J connectivity index is 0.00000242. The first kappa shape index (κ1) is 18.8. The largest absolute Gasteiger partial charge is 0.469 e. The van der Waals surface area contributed by atoms with E-state index in [0.29, 0.717) is 6.54 Å². The highest BCUT2D eigenvalue weighted by molar-refractivity contribution is 14.0. The van der Waals surface area contributed by atoms with Crippen LogP contribution in [0.4, 0.5) is 0 Å². The minimum Gasteiger partial charge on any atom is -0.469 e. The van der Waals surface area contributed by atoms with Gasteiger partial charge in [0.05, 0.1) is 12.8 Å². The zero-order valence-corrected chi connectivity index (χ0v) is 15.6. The molecule has 0 amide bonds. The zero-order valence-electron chi connectivity index (χ0n) is 12.5. The second-order valence-electron chi connectivity index (χ2n) is 4.58. The number of hydrogen-bond acceptors (Lipinski definition) is 2. The van der Waals surface area contributed by atoms with Crippen LogP contribution in [0.3, 0.4) is 0 Å². The van der Waals surface area contributed by atoms with Crippen molar-refractivity contribution < 1.29 is 4.42 Å². The summed E-state index contributed by atoms with van der Waals surface area (Å²) < 4.78 is 5.30. The van der Waals surface area contributed by atoms with Gasteiger partial charge in [-0.25, -0.2) is 4.99 Å². The quantitative estimate of drug-likeness (QED) is 0.413. The molecule has 0 unspecified atom stereocenters. The Labute approximate surface area is 153 Å². The minimum absolute atomic E-state index is 0. The molecule has 1 heterocycles. The van der Waals surface area contributed by atoms with Crippen molar-refractivity contribution in [1.29, 1.82) is 0 Å². The number of nitrogens with zero attached hydrogens (tertiary/aromatic N) is 1. The number of aliphatic imine (C=N–C) groups is 1. The Kier molecular flexibility index (Phi) is 9.00. The van der Waals surface area contributed by atoms with Crippen molar-refractivity contribution >= 4 is 41.5 Å². The topological polar surface area (TPSA) is 49.6 Å². The molecule has 0 aliphatic carbocycles. The van der Waals surface area contributed by atoms with Crippen LogP contribution in [-0.4, -0.2) is 19.0 Å². The highest BCUT2D eigenvalue weighted by Crippen LogP contribution is 2.10. The van der Waals surface area contributed by atoms with Gasteiger partial charge in [-0.05, 0) is 36.8 Å². The summed E-state index contributed by atoms with van der Waals surface area (Å²) in [6.07, 6.45) is 2.52. The first-order valence-corrected chi connectivity index (χ1v) is 7.44. The van der Waals surface area contributed by atoms with Crippen molar-refractivity contribution in [2.45, 2.75) is 19.9 Å². The average molecular weight is 434 g/mol. The molecular weight excluding hydrogens is 413 g/mol. The van der Waals surface area contributed by atoms with E-state index in [1.54, 1.807) is 6.26 Å². The van der Waals surface area contributed by atoms with E-state index < -0.39 is 0 Å². The highest BCUT2D eigenvalue weighted by atomic mass is 127. The fourth-order valence-electron chi connectivity index (χ4n) is 1.86. The predicted molar refractivity (Wildman–Crippen MR) is 102 cm³/mol. The van der Waals surface area contributed by atoms with Gasteiger partial charge in [-0.15, -0.1) is 24.0 Å². The normalized spacial score (nSPS) is 10.9. The Morgan fingerprint density at radius 3 is 2.59 bits per heavy atom. The molecule has 6 heteroatoms. The molecule has 0 radical (unpaired) electrons. The molecule has 1 aromatic heterocycles. The third-order valence-electron chi connectivity index (χ3n) is 2.92. The molecule has 2 rings (SSSR count). The molecule has 22 heavy (non-hydrogen) atoms. The van der Waals surface area contributed by atoms with Crippen LogP contribution in [0.5, 0.6) is 0 Å². The summed E-state index contributed by atoms with van der Waals surface area (Å²) in [6, 6.07) is 11.6. The Hall–Kier alpha value is -1.21. The van der Waals surface area contributed by atoms with E-state index in [1.807, 2.05) is 43.3 Å². The summed E-state index contributed by atoms with van der Waals surface area (Å²) in [5.74, 6) is 1.77. The van der Waals surface area contributed by atoms with Gasteiger partial charge in [-0.2, -0.15) is 0 Å². The molecule has 0 spiro atoms. The Bertz CT molecular complexity index is 555. The van der Waals surface area contributed by atoms with Crippen molar-refractivity contribution in [2.24, 2.45) is 4.99 Å². The minimum atomic E-state index is 0. The van der Waals surface area contributed by atoms with E-state index >= 15 is 0 Å². The van der Waals surface area contributed by atoms with Gasteiger partial charge in [0.25, 0.3) is 0 Å². The van der Waals surface area contributed by atoms with Gasteiger partial charge >= 0.3 is 0 Å².